The van der Waals surface area contributed by atoms with Crippen molar-refractivity contribution in [2.75, 3.05) is 6.54 Å². The van der Waals surface area contributed by atoms with Gasteiger partial charge in [0, 0.05) is 23.7 Å². The van der Waals surface area contributed by atoms with Crippen molar-refractivity contribution in [1.29, 1.82) is 0 Å². The van der Waals surface area contributed by atoms with Crippen molar-refractivity contribution < 1.29 is 0 Å². The Morgan fingerprint density at radius 3 is 2.84 bits per heavy atom. The number of thiazole rings is 1. The Kier molecular flexibility index (Phi) is 5.05. The monoisotopic (exact) mass is 275 g/mol. The van der Waals surface area contributed by atoms with E-state index in [2.05, 4.69) is 40.6 Å². The van der Waals surface area contributed by atoms with Crippen LogP contribution >= 0.6 is 11.3 Å². The number of pyridine rings is 1. The van der Waals surface area contributed by atoms with Gasteiger partial charge >= 0.3 is 0 Å². The molecule has 4 heteroatoms. The Morgan fingerprint density at radius 1 is 1.37 bits per heavy atom. The maximum atomic E-state index is 4.59. The van der Waals surface area contributed by atoms with Crippen molar-refractivity contribution in [3.8, 4) is 0 Å². The van der Waals surface area contributed by atoms with E-state index in [4.69, 9.17) is 0 Å². The highest BCUT2D eigenvalue weighted by molar-refractivity contribution is 7.09. The Balaban J connectivity index is 2.23. The van der Waals surface area contributed by atoms with Crippen molar-refractivity contribution in [3.63, 3.8) is 0 Å². The predicted octanol–water partition coefficient (Wildman–Crippen LogP) is 3.30. The first-order valence-corrected chi connectivity index (χ1v) is 7.70. The third-order valence-corrected chi connectivity index (χ3v) is 4.12. The van der Waals surface area contributed by atoms with Crippen LogP contribution in [0.3, 0.4) is 0 Å². The van der Waals surface area contributed by atoms with E-state index >= 15 is 0 Å². The van der Waals surface area contributed by atoms with E-state index in [1.165, 1.54) is 16.3 Å². The second-order valence-corrected chi connectivity index (χ2v) is 5.54. The van der Waals surface area contributed by atoms with E-state index in [1.54, 1.807) is 11.3 Å². The molecule has 0 bridgehead atoms. The number of nitrogens with one attached hydrogen (secondary N) is 1. The van der Waals surface area contributed by atoms with Crippen molar-refractivity contribution in [2.24, 2.45) is 0 Å². The van der Waals surface area contributed by atoms with Crippen LogP contribution in [0.25, 0.3) is 0 Å². The zero-order valence-corrected chi connectivity index (χ0v) is 12.6. The summed E-state index contributed by atoms with van der Waals surface area (Å²) in [6.45, 7) is 7.29. The van der Waals surface area contributed by atoms with E-state index in [9.17, 15) is 0 Å². The Bertz CT molecular complexity index is 522. The number of hydrogen-bond donors (Lipinski definition) is 1. The highest BCUT2D eigenvalue weighted by Crippen LogP contribution is 2.22. The zero-order chi connectivity index (χ0) is 13.7. The fraction of sp³-hybridized carbons (Fsp3) is 0.467. The van der Waals surface area contributed by atoms with Crippen LogP contribution in [0, 0.1) is 6.92 Å². The summed E-state index contributed by atoms with van der Waals surface area (Å²) in [5, 5.41) is 6.82. The molecular weight excluding hydrogens is 254 g/mol. The van der Waals surface area contributed by atoms with Crippen LogP contribution in [0.2, 0.25) is 0 Å². The van der Waals surface area contributed by atoms with Crippen molar-refractivity contribution >= 4 is 11.3 Å². The van der Waals surface area contributed by atoms with Gasteiger partial charge in [0.25, 0.3) is 0 Å². The van der Waals surface area contributed by atoms with Crippen LogP contribution in [0.5, 0.6) is 0 Å². The van der Waals surface area contributed by atoms with Crippen LogP contribution in [0.1, 0.15) is 41.8 Å². The number of aromatic nitrogens is 2. The largest absolute Gasteiger partial charge is 0.309 e. The van der Waals surface area contributed by atoms with Crippen LogP contribution in [-0.4, -0.2) is 16.5 Å². The molecule has 1 atom stereocenters. The molecule has 2 aromatic heterocycles. The van der Waals surface area contributed by atoms with Crippen LogP contribution < -0.4 is 5.32 Å². The summed E-state index contributed by atoms with van der Waals surface area (Å²) in [5.41, 5.74) is 3.59. The fourth-order valence-corrected chi connectivity index (χ4v) is 3.07. The SMILES string of the molecule is CCNC(Cc1nc(C)cs1)c1ncccc1CC. The van der Waals surface area contributed by atoms with Gasteiger partial charge in [0.1, 0.15) is 0 Å². The van der Waals surface area contributed by atoms with Crippen molar-refractivity contribution in [3.05, 3.63) is 45.7 Å². The van der Waals surface area contributed by atoms with E-state index in [0.717, 1.165) is 25.1 Å². The Hall–Kier alpha value is -1.26. The lowest BCUT2D eigenvalue weighted by Crippen LogP contribution is -2.25. The maximum Gasteiger partial charge on any atom is 0.0947 e. The maximum absolute atomic E-state index is 4.59. The average Bonchev–Trinajstić information content (AvgIpc) is 2.84. The second kappa shape index (κ2) is 6.78. The van der Waals surface area contributed by atoms with Gasteiger partial charge in [0.15, 0.2) is 0 Å². The lowest BCUT2D eigenvalue weighted by Gasteiger charge is -2.18. The molecule has 0 spiro atoms. The highest BCUT2D eigenvalue weighted by atomic mass is 32.1. The quantitative estimate of drug-likeness (QED) is 0.879. The molecule has 19 heavy (non-hydrogen) atoms. The minimum atomic E-state index is 0.256. The molecular formula is C15H21N3S. The lowest BCUT2D eigenvalue weighted by atomic mass is 10.0. The summed E-state index contributed by atoms with van der Waals surface area (Å²) in [7, 11) is 0. The number of aryl methyl sites for hydroxylation is 2. The predicted molar refractivity (Wildman–Crippen MR) is 80.6 cm³/mol. The van der Waals surface area contributed by atoms with Gasteiger partial charge in [-0.25, -0.2) is 4.98 Å². The summed E-state index contributed by atoms with van der Waals surface area (Å²) in [6.07, 6.45) is 3.81. The highest BCUT2D eigenvalue weighted by Gasteiger charge is 2.17. The third-order valence-electron chi connectivity index (χ3n) is 3.13. The van der Waals surface area contributed by atoms with Gasteiger partial charge < -0.3 is 5.32 Å². The lowest BCUT2D eigenvalue weighted by molar-refractivity contribution is 0.531. The summed E-state index contributed by atoms with van der Waals surface area (Å²) >= 11 is 1.73. The van der Waals surface area contributed by atoms with Gasteiger partial charge in [0.05, 0.1) is 16.7 Å². The van der Waals surface area contributed by atoms with Crippen LogP contribution in [-0.2, 0) is 12.8 Å². The number of nitrogens with zero attached hydrogens (tertiary/aromatic N) is 2. The summed E-state index contributed by atoms with van der Waals surface area (Å²) in [4.78, 5) is 9.15. The Morgan fingerprint density at radius 2 is 2.21 bits per heavy atom. The molecule has 2 rings (SSSR count). The van der Waals surface area contributed by atoms with Crippen molar-refractivity contribution in [1.82, 2.24) is 15.3 Å². The van der Waals surface area contributed by atoms with E-state index in [0.29, 0.717) is 0 Å². The molecule has 1 N–H and O–H groups in total. The van der Waals surface area contributed by atoms with Gasteiger partial charge in [-0.05, 0) is 31.5 Å². The summed E-state index contributed by atoms with van der Waals surface area (Å²) < 4.78 is 0. The van der Waals surface area contributed by atoms with Gasteiger partial charge in [-0.1, -0.05) is 19.9 Å². The second-order valence-electron chi connectivity index (χ2n) is 4.60. The zero-order valence-electron chi connectivity index (χ0n) is 11.8. The first-order valence-electron chi connectivity index (χ1n) is 6.82. The Labute approximate surface area is 119 Å². The van der Waals surface area contributed by atoms with Gasteiger partial charge in [-0.3, -0.25) is 4.98 Å². The number of hydrogen-bond acceptors (Lipinski definition) is 4. The third kappa shape index (κ3) is 3.61. The molecule has 0 aromatic carbocycles. The van der Waals surface area contributed by atoms with E-state index in [-0.39, 0.29) is 6.04 Å². The molecule has 0 amide bonds. The van der Waals surface area contributed by atoms with Gasteiger partial charge in [0.2, 0.25) is 0 Å². The minimum Gasteiger partial charge on any atom is -0.309 e. The van der Waals surface area contributed by atoms with Gasteiger partial charge in [-0.2, -0.15) is 0 Å². The molecule has 0 aliphatic heterocycles. The molecule has 1 unspecified atom stereocenters. The van der Waals surface area contributed by atoms with E-state index in [1.807, 2.05) is 19.2 Å². The molecule has 0 saturated heterocycles. The molecule has 2 aromatic rings. The van der Waals surface area contributed by atoms with Gasteiger partial charge in [-0.15, -0.1) is 11.3 Å². The first-order chi connectivity index (χ1) is 9.24. The fourth-order valence-electron chi connectivity index (χ4n) is 2.25. The van der Waals surface area contributed by atoms with Crippen molar-refractivity contribution in [2.45, 2.75) is 39.7 Å². The average molecular weight is 275 g/mol. The molecule has 102 valence electrons. The molecule has 3 nitrogen and oxygen atoms in total. The smallest absolute Gasteiger partial charge is 0.0947 e. The molecule has 0 fully saturated rings. The van der Waals surface area contributed by atoms with E-state index < -0.39 is 0 Å². The standard InChI is InChI=1S/C15H21N3S/c1-4-12-7-6-8-17-15(12)13(16-5-2)9-14-18-11(3)10-19-14/h6-8,10,13,16H,4-5,9H2,1-3H3. The topological polar surface area (TPSA) is 37.8 Å². The first kappa shape index (κ1) is 14.2. The summed E-state index contributed by atoms with van der Waals surface area (Å²) in [5.74, 6) is 0. The molecule has 2 heterocycles. The number of rotatable bonds is 6. The normalized spacial score (nSPS) is 12.6. The summed E-state index contributed by atoms with van der Waals surface area (Å²) in [6, 6.07) is 4.44. The molecule has 0 aliphatic rings. The minimum absolute atomic E-state index is 0.256. The number of likely N-dealkylation sites (N-methyl/N-ethyl adjacent to an activating group) is 1. The molecule has 0 saturated carbocycles. The van der Waals surface area contributed by atoms with Crippen LogP contribution in [0.15, 0.2) is 23.7 Å². The molecule has 0 radical (unpaired) electrons. The van der Waals surface area contributed by atoms with Crippen LogP contribution in [0.4, 0.5) is 0 Å². The molecule has 0 aliphatic carbocycles.